The fraction of sp³-hybridized carbons (Fsp3) is 0.458. The predicted molar refractivity (Wildman–Crippen MR) is 283 cm³/mol. The lowest BCUT2D eigenvalue weighted by molar-refractivity contribution is -0.135. The average Bonchev–Trinajstić information content (AvgIpc) is 4.05. The molecule has 396 valence electrons. The van der Waals surface area contributed by atoms with Crippen molar-refractivity contribution in [3.63, 3.8) is 0 Å². The number of thiol groups is 2. The van der Waals surface area contributed by atoms with E-state index in [1.165, 1.54) is 12.5 Å². The molecule has 0 saturated heterocycles. The van der Waals surface area contributed by atoms with E-state index in [2.05, 4.69) is 82.4 Å². The van der Waals surface area contributed by atoms with Crippen molar-refractivity contribution in [2.24, 2.45) is 27.9 Å². The van der Waals surface area contributed by atoms with Crippen molar-refractivity contribution in [1.82, 2.24) is 52.2 Å². The number of unbranched alkanes of at least 4 members (excludes halogenated alkanes) is 1. The first-order valence-corrected chi connectivity index (χ1v) is 25.3. The zero-order chi connectivity index (χ0) is 53.3. The van der Waals surface area contributed by atoms with Crippen molar-refractivity contribution < 1.29 is 38.4 Å². The lowest BCUT2D eigenvalue weighted by atomic mass is 10.0. The van der Waals surface area contributed by atoms with Crippen LogP contribution in [0.4, 0.5) is 0 Å². The van der Waals surface area contributed by atoms with E-state index in [9.17, 15) is 38.4 Å². The van der Waals surface area contributed by atoms with Crippen LogP contribution in [0.5, 0.6) is 0 Å². The molecule has 17 N–H and O–H groups in total. The maximum atomic E-state index is 14.6. The van der Waals surface area contributed by atoms with E-state index in [4.69, 9.17) is 22.9 Å². The van der Waals surface area contributed by atoms with Crippen LogP contribution in [-0.2, 0) is 57.6 Å². The third kappa shape index (κ3) is 19.8. The average molecular weight is 1050 g/mol. The van der Waals surface area contributed by atoms with Gasteiger partial charge in [-0.15, -0.1) is 0 Å². The van der Waals surface area contributed by atoms with Gasteiger partial charge in [-0.2, -0.15) is 25.3 Å². The summed E-state index contributed by atoms with van der Waals surface area (Å²) in [6.45, 7) is 2.06. The lowest BCUT2D eigenvalue weighted by Crippen LogP contribution is -2.60. The van der Waals surface area contributed by atoms with E-state index in [1.807, 2.05) is 31.2 Å². The van der Waals surface area contributed by atoms with Crippen LogP contribution in [-0.4, -0.2) is 135 Å². The first-order chi connectivity index (χ1) is 35.0. The van der Waals surface area contributed by atoms with Gasteiger partial charge in [0.05, 0.1) is 12.4 Å². The Hall–Kier alpha value is -7.12. The molecule has 2 aromatic carbocycles. The standard InChI is InChI=1S/C48H69N15O8S2/c1-2-3-14-32(49)42(66)63-39(26-73)47(71)62-37(22-30-24-53-27-57-30)46(70)60-35(20-28-11-5-4-6-12-28)45(69)59-34(16-9-19-55-48(51)52)44(68)61-36(21-29-23-56-33-15-8-7-13-31(29)33)43(67)54-18-10-17-40(64)58-38(25-72)41(50)65/h4-8,11-13,15,23-24,27,32,34-39,56,72-73H,2-3,9-10,14,16-22,25-26,49H2,1H3,(H2,50,65)(H,53,57)(H,54,67)(H,58,64)(H,59,69)(H,60,70)(H,61,68)(H,62,71)(H,63,66)(H4,51,52,55)/t32-,34-,35+,36-,37-,38-,39-/m0/s1. The highest BCUT2D eigenvalue weighted by molar-refractivity contribution is 7.80. The SMILES string of the molecule is CCCC[C@H](N)C(=O)N[C@@H](CS)C(=O)N[C@@H](Cc1cnc[nH]1)C(=O)N[C@H](Cc1ccccc1)C(=O)N[C@@H](CCCN=C(N)N)C(=O)N[C@@H](Cc1c[nH]c2ccccc12)C(=O)NCCCC(=O)N[C@@H](CS)C(N)=O. The molecule has 0 spiro atoms. The summed E-state index contributed by atoms with van der Waals surface area (Å²) in [6, 6.07) is 8.03. The zero-order valence-corrected chi connectivity index (χ0v) is 42.5. The second kappa shape index (κ2) is 30.7. The van der Waals surface area contributed by atoms with Gasteiger partial charge in [0.1, 0.15) is 36.3 Å². The number of H-pyrrole nitrogens is 2. The van der Waals surface area contributed by atoms with Gasteiger partial charge >= 0.3 is 0 Å². The Morgan fingerprint density at radius 1 is 0.644 bits per heavy atom. The van der Waals surface area contributed by atoms with Gasteiger partial charge in [0.2, 0.25) is 47.3 Å². The number of carbonyl (C=O) groups excluding carboxylic acids is 8. The van der Waals surface area contributed by atoms with E-state index < -0.39 is 89.6 Å². The molecule has 0 aliphatic heterocycles. The van der Waals surface area contributed by atoms with Crippen molar-refractivity contribution in [2.75, 3.05) is 24.6 Å². The van der Waals surface area contributed by atoms with Crippen LogP contribution in [0.25, 0.3) is 10.9 Å². The number of aromatic nitrogens is 3. The molecule has 2 heterocycles. The predicted octanol–water partition coefficient (Wildman–Crippen LogP) is -1.36. The number of nitrogens with two attached hydrogens (primary N) is 4. The fourth-order valence-electron chi connectivity index (χ4n) is 7.56. The Morgan fingerprint density at radius 3 is 1.88 bits per heavy atom. The number of para-hydroxylation sites is 1. The highest BCUT2D eigenvalue weighted by Crippen LogP contribution is 2.20. The van der Waals surface area contributed by atoms with Gasteiger partial charge in [-0.3, -0.25) is 43.3 Å². The maximum Gasteiger partial charge on any atom is 0.244 e. The summed E-state index contributed by atoms with van der Waals surface area (Å²) in [4.78, 5) is 122. The molecule has 73 heavy (non-hydrogen) atoms. The number of fused-ring (bicyclic) bond motifs is 1. The Kier molecular flexibility index (Phi) is 24.6. The smallest absolute Gasteiger partial charge is 0.244 e. The molecule has 23 nitrogen and oxygen atoms in total. The van der Waals surface area contributed by atoms with Gasteiger partial charge in [-0.1, -0.05) is 68.3 Å². The van der Waals surface area contributed by atoms with Crippen molar-refractivity contribution >= 4 is 89.4 Å². The Balaban J connectivity index is 1.60. The zero-order valence-electron chi connectivity index (χ0n) is 40.7. The minimum Gasteiger partial charge on any atom is -0.370 e. The normalized spacial score (nSPS) is 13.9. The summed E-state index contributed by atoms with van der Waals surface area (Å²) in [5.41, 5.74) is 25.1. The molecule has 7 atom stereocenters. The van der Waals surface area contributed by atoms with Crippen LogP contribution in [0.2, 0.25) is 0 Å². The molecule has 8 amide bonds. The molecule has 0 fully saturated rings. The number of aromatic amines is 2. The topological polar surface area (TPSA) is 382 Å². The molecule has 4 aromatic rings. The minimum atomic E-state index is -1.34. The van der Waals surface area contributed by atoms with E-state index in [1.54, 1.807) is 36.5 Å². The first kappa shape index (κ1) is 58.5. The monoisotopic (exact) mass is 1050 g/mol. The number of primary amides is 1. The molecule has 0 bridgehead atoms. The molecular weight excluding hydrogens is 979 g/mol. The first-order valence-electron chi connectivity index (χ1n) is 24.0. The molecule has 25 heteroatoms. The van der Waals surface area contributed by atoms with Crippen LogP contribution >= 0.6 is 25.3 Å². The van der Waals surface area contributed by atoms with Gasteiger partial charge in [0.15, 0.2) is 5.96 Å². The van der Waals surface area contributed by atoms with Crippen LogP contribution in [0, 0.1) is 0 Å². The molecular formula is C48H69N15O8S2. The van der Waals surface area contributed by atoms with Crippen LogP contribution in [0.1, 0.15) is 68.7 Å². The number of rotatable bonds is 32. The second-order valence-electron chi connectivity index (χ2n) is 17.3. The number of guanidine groups is 1. The Labute approximate surface area is 434 Å². The third-order valence-electron chi connectivity index (χ3n) is 11.6. The highest BCUT2D eigenvalue weighted by atomic mass is 32.1. The third-order valence-corrected chi connectivity index (χ3v) is 12.3. The lowest BCUT2D eigenvalue weighted by Gasteiger charge is -2.27. The van der Waals surface area contributed by atoms with Gasteiger partial charge in [0, 0.05) is 79.3 Å². The largest absolute Gasteiger partial charge is 0.370 e. The molecule has 0 saturated carbocycles. The van der Waals surface area contributed by atoms with Crippen molar-refractivity contribution in [3.8, 4) is 0 Å². The van der Waals surface area contributed by atoms with Crippen molar-refractivity contribution in [3.05, 3.63) is 90.1 Å². The van der Waals surface area contributed by atoms with Crippen molar-refractivity contribution in [1.29, 1.82) is 0 Å². The van der Waals surface area contributed by atoms with Gasteiger partial charge < -0.3 is 70.1 Å². The van der Waals surface area contributed by atoms with E-state index >= 15 is 0 Å². The number of aliphatic imine (C=N–C) groups is 1. The number of carbonyl (C=O) groups is 8. The second-order valence-corrected chi connectivity index (χ2v) is 18.1. The molecule has 0 radical (unpaired) electrons. The Morgan fingerprint density at radius 2 is 1.25 bits per heavy atom. The van der Waals surface area contributed by atoms with Crippen molar-refractivity contribution in [2.45, 2.75) is 113 Å². The Bertz CT molecular complexity index is 2470. The summed E-state index contributed by atoms with van der Waals surface area (Å²) >= 11 is 8.32. The molecule has 0 unspecified atom stereocenters. The molecule has 0 aliphatic carbocycles. The number of amides is 8. The number of hydrogen-bond acceptors (Lipinski definition) is 13. The minimum absolute atomic E-state index is 0.00802. The number of hydrogen-bond donors (Lipinski definition) is 15. The maximum absolute atomic E-state index is 14.6. The van der Waals surface area contributed by atoms with Crippen LogP contribution in [0.15, 0.2) is 78.3 Å². The van der Waals surface area contributed by atoms with E-state index in [0.717, 1.165) is 17.3 Å². The molecule has 0 aliphatic rings. The summed E-state index contributed by atoms with van der Waals surface area (Å²) < 4.78 is 0. The number of benzene rings is 2. The summed E-state index contributed by atoms with van der Waals surface area (Å²) in [5, 5.41) is 19.8. The van der Waals surface area contributed by atoms with Gasteiger partial charge in [-0.05, 0) is 42.9 Å². The molecule has 2 aromatic heterocycles. The highest BCUT2D eigenvalue weighted by Gasteiger charge is 2.34. The quantitative estimate of drug-likeness (QED) is 0.0117. The van der Waals surface area contributed by atoms with Gasteiger partial charge in [0.25, 0.3) is 0 Å². The van der Waals surface area contributed by atoms with E-state index in [0.29, 0.717) is 29.7 Å². The summed E-state index contributed by atoms with van der Waals surface area (Å²) in [6.07, 6.45) is 6.66. The van der Waals surface area contributed by atoms with E-state index in [-0.39, 0.29) is 75.5 Å². The van der Waals surface area contributed by atoms with Crippen LogP contribution in [0.3, 0.4) is 0 Å². The molecule has 4 rings (SSSR count). The van der Waals surface area contributed by atoms with Gasteiger partial charge in [-0.25, -0.2) is 4.98 Å². The summed E-state index contributed by atoms with van der Waals surface area (Å²) in [5.74, 6) is -5.69. The fourth-order valence-corrected chi connectivity index (χ4v) is 8.09. The number of nitrogens with zero attached hydrogens (tertiary/aromatic N) is 2. The number of nitrogens with one attached hydrogen (secondary N) is 9. The van der Waals surface area contributed by atoms with Crippen LogP contribution < -0.4 is 60.2 Å². The number of imidazole rings is 1. The summed E-state index contributed by atoms with van der Waals surface area (Å²) in [7, 11) is 0.